The van der Waals surface area contributed by atoms with Gasteiger partial charge in [-0.3, -0.25) is 9.69 Å². The largest absolute Gasteiger partial charge is 0.495 e. The summed E-state index contributed by atoms with van der Waals surface area (Å²) in [6.45, 7) is 4.84. The highest BCUT2D eigenvalue weighted by Crippen LogP contribution is 2.28. The van der Waals surface area contributed by atoms with Gasteiger partial charge in [0.1, 0.15) is 11.6 Å². The number of hydrogen-bond donors (Lipinski definition) is 1. The number of amides is 1. The van der Waals surface area contributed by atoms with E-state index in [1.54, 1.807) is 19.2 Å². The molecule has 1 aliphatic heterocycles. The Labute approximate surface area is 159 Å². The Morgan fingerprint density at radius 1 is 1.07 bits per heavy atom. The van der Waals surface area contributed by atoms with Gasteiger partial charge in [-0.15, -0.1) is 0 Å². The number of halogens is 1. The Balaban J connectivity index is 1.39. The van der Waals surface area contributed by atoms with Crippen molar-refractivity contribution in [3.8, 4) is 5.75 Å². The molecule has 0 radical (unpaired) electrons. The quantitative estimate of drug-likeness (QED) is 0.813. The van der Waals surface area contributed by atoms with Gasteiger partial charge in [0.2, 0.25) is 5.91 Å². The molecule has 1 heterocycles. The molecule has 2 aromatic carbocycles. The molecule has 0 bridgehead atoms. The molecule has 3 rings (SSSR count). The zero-order valence-corrected chi connectivity index (χ0v) is 15.7. The van der Waals surface area contributed by atoms with Crippen LogP contribution in [0, 0.1) is 5.82 Å². The summed E-state index contributed by atoms with van der Waals surface area (Å²) in [4.78, 5) is 16.7. The van der Waals surface area contributed by atoms with Crippen molar-refractivity contribution in [1.29, 1.82) is 0 Å². The summed E-state index contributed by atoms with van der Waals surface area (Å²) < 4.78 is 18.3. The van der Waals surface area contributed by atoms with E-state index in [1.807, 2.05) is 18.2 Å². The number of carbonyl (C=O) groups excluding carboxylic acids is 1. The van der Waals surface area contributed by atoms with Gasteiger partial charge < -0.3 is 15.0 Å². The second-order valence-electron chi connectivity index (χ2n) is 6.65. The van der Waals surface area contributed by atoms with E-state index in [-0.39, 0.29) is 11.7 Å². The number of anilines is 1. The first-order valence-corrected chi connectivity index (χ1v) is 9.27. The molecule has 0 atom stereocenters. The van der Waals surface area contributed by atoms with Crippen molar-refractivity contribution >= 4 is 11.6 Å². The van der Waals surface area contributed by atoms with Crippen molar-refractivity contribution < 1.29 is 13.9 Å². The minimum Gasteiger partial charge on any atom is -0.495 e. The molecule has 0 unspecified atom stereocenters. The van der Waals surface area contributed by atoms with Gasteiger partial charge in [0.15, 0.2) is 0 Å². The maximum absolute atomic E-state index is 12.9. The Hall–Kier alpha value is -2.60. The first kappa shape index (κ1) is 19.2. The molecule has 0 spiro atoms. The third-order valence-corrected chi connectivity index (χ3v) is 4.86. The molecule has 1 fully saturated rings. The van der Waals surface area contributed by atoms with Gasteiger partial charge in [-0.05, 0) is 29.8 Å². The molecular formula is C21H26FN3O2. The fourth-order valence-electron chi connectivity index (χ4n) is 3.25. The lowest BCUT2D eigenvalue weighted by Gasteiger charge is -2.36. The number of rotatable bonds is 7. The van der Waals surface area contributed by atoms with Crippen LogP contribution in [0.5, 0.6) is 5.75 Å². The zero-order valence-electron chi connectivity index (χ0n) is 15.7. The summed E-state index contributed by atoms with van der Waals surface area (Å²) in [7, 11) is 1.69. The fraction of sp³-hybridized carbons (Fsp3) is 0.381. The summed E-state index contributed by atoms with van der Waals surface area (Å²) in [5, 5.41) is 2.89. The molecule has 144 valence electrons. The van der Waals surface area contributed by atoms with Crippen molar-refractivity contribution in [3.05, 3.63) is 59.9 Å². The number of nitrogens with one attached hydrogen (secondary N) is 1. The molecule has 0 aromatic heterocycles. The first-order chi connectivity index (χ1) is 13.2. The summed E-state index contributed by atoms with van der Waals surface area (Å²) in [5.74, 6) is 0.648. The van der Waals surface area contributed by atoms with E-state index >= 15 is 0 Å². The van der Waals surface area contributed by atoms with Gasteiger partial charge in [0.25, 0.3) is 0 Å². The van der Waals surface area contributed by atoms with Crippen LogP contribution in [0.1, 0.15) is 12.0 Å². The number of carbonyl (C=O) groups is 1. The van der Waals surface area contributed by atoms with E-state index < -0.39 is 0 Å². The summed E-state index contributed by atoms with van der Waals surface area (Å²) >= 11 is 0. The van der Waals surface area contributed by atoms with E-state index in [4.69, 9.17) is 4.74 Å². The highest BCUT2D eigenvalue weighted by atomic mass is 19.1. The van der Waals surface area contributed by atoms with E-state index in [0.29, 0.717) is 13.0 Å². The van der Waals surface area contributed by atoms with E-state index in [9.17, 15) is 9.18 Å². The lowest BCUT2D eigenvalue weighted by Crippen LogP contribution is -2.47. The number of ether oxygens (including phenoxy) is 1. The highest BCUT2D eigenvalue weighted by Gasteiger charge is 2.19. The van der Waals surface area contributed by atoms with Crippen LogP contribution in [0.15, 0.2) is 48.5 Å². The van der Waals surface area contributed by atoms with E-state index in [1.165, 1.54) is 12.1 Å². The number of piperazine rings is 1. The second-order valence-corrected chi connectivity index (χ2v) is 6.65. The number of methoxy groups -OCH3 is 1. The van der Waals surface area contributed by atoms with Crippen molar-refractivity contribution in [2.24, 2.45) is 0 Å². The third-order valence-electron chi connectivity index (χ3n) is 4.86. The second kappa shape index (κ2) is 9.37. The average molecular weight is 371 g/mol. The fourth-order valence-corrected chi connectivity index (χ4v) is 3.25. The molecule has 0 saturated carbocycles. The van der Waals surface area contributed by atoms with Crippen LogP contribution in [0.2, 0.25) is 0 Å². The summed E-state index contributed by atoms with van der Waals surface area (Å²) in [6.07, 6.45) is 0.468. The van der Waals surface area contributed by atoms with Crippen molar-refractivity contribution in [2.75, 3.05) is 44.7 Å². The minimum atomic E-state index is -0.266. The molecule has 27 heavy (non-hydrogen) atoms. The molecule has 2 aromatic rings. The molecular weight excluding hydrogens is 345 g/mol. The van der Waals surface area contributed by atoms with Crippen LogP contribution in [-0.2, 0) is 11.3 Å². The number of nitrogens with zero attached hydrogens (tertiary/aromatic N) is 2. The zero-order chi connectivity index (χ0) is 19.1. The number of para-hydroxylation sites is 2. The van der Waals surface area contributed by atoms with Gasteiger partial charge in [0.05, 0.1) is 12.8 Å². The van der Waals surface area contributed by atoms with Crippen molar-refractivity contribution in [1.82, 2.24) is 10.2 Å². The highest BCUT2D eigenvalue weighted by molar-refractivity contribution is 5.76. The number of hydrogen-bond acceptors (Lipinski definition) is 4. The Bertz CT molecular complexity index is 743. The summed E-state index contributed by atoms with van der Waals surface area (Å²) in [5.41, 5.74) is 2.02. The van der Waals surface area contributed by atoms with Crippen LogP contribution in [0.3, 0.4) is 0 Å². The normalized spacial score (nSPS) is 14.8. The molecule has 1 aliphatic rings. The standard InChI is InChI=1S/C21H26FN3O2/c1-27-20-5-3-2-4-19(20)25-14-12-24(13-15-25)11-10-21(26)23-16-17-6-8-18(22)9-7-17/h2-9H,10-16H2,1H3,(H,23,26). The van der Waals surface area contributed by atoms with E-state index in [0.717, 1.165) is 49.7 Å². The van der Waals surface area contributed by atoms with Crippen LogP contribution in [0.4, 0.5) is 10.1 Å². The van der Waals surface area contributed by atoms with Crippen LogP contribution >= 0.6 is 0 Å². The smallest absolute Gasteiger partial charge is 0.221 e. The molecule has 1 amide bonds. The van der Waals surface area contributed by atoms with Gasteiger partial charge in [-0.2, -0.15) is 0 Å². The van der Waals surface area contributed by atoms with Crippen LogP contribution in [0.25, 0.3) is 0 Å². The molecule has 5 nitrogen and oxygen atoms in total. The predicted molar refractivity (Wildman–Crippen MR) is 105 cm³/mol. The van der Waals surface area contributed by atoms with Crippen LogP contribution < -0.4 is 15.0 Å². The minimum absolute atomic E-state index is 0.0199. The van der Waals surface area contributed by atoms with Gasteiger partial charge in [-0.25, -0.2) is 4.39 Å². The Morgan fingerprint density at radius 2 is 1.78 bits per heavy atom. The van der Waals surface area contributed by atoms with Gasteiger partial charge in [0, 0.05) is 45.7 Å². The molecule has 1 saturated heterocycles. The van der Waals surface area contributed by atoms with Crippen molar-refractivity contribution in [2.45, 2.75) is 13.0 Å². The third kappa shape index (κ3) is 5.44. The summed E-state index contributed by atoms with van der Waals surface area (Å²) in [6, 6.07) is 14.2. The van der Waals surface area contributed by atoms with Gasteiger partial charge >= 0.3 is 0 Å². The van der Waals surface area contributed by atoms with Gasteiger partial charge in [-0.1, -0.05) is 24.3 Å². The number of benzene rings is 2. The van der Waals surface area contributed by atoms with Crippen LogP contribution in [-0.4, -0.2) is 50.6 Å². The molecule has 1 N–H and O–H groups in total. The Morgan fingerprint density at radius 3 is 2.48 bits per heavy atom. The maximum atomic E-state index is 12.9. The average Bonchev–Trinajstić information content (AvgIpc) is 2.72. The predicted octanol–water partition coefficient (Wildman–Crippen LogP) is 2.66. The maximum Gasteiger partial charge on any atom is 0.221 e. The SMILES string of the molecule is COc1ccccc1N1CCN(CCC(=O)NCc2ccc(F)cc2)CC1. The topological polar surface area (TPSA) is 44.8 Å². The first-order valence-electron chi connectivity index (χ1n) is 9.27. The monoisotopic (exact) mass is 371 g/mol. The van der Waals surface area contributed by atoms with Crippen molar-refractivity contribution in [3.63, 3.8) is 0 Å². The van der Waals surface area contributed by atoms with E-state index in [2.05, 4.69) is 21.2 Å². The Kier molecular flexibility index (Phi) is 6.65. The molecule has 6 heteroatoms. The molecule has 0 aliphatic carbocycles. The lowest BCUT2D eigenvalue weighted by atomic mass is 10.2. The lowest BCUT2D eigenvalue weighted by molar-refractivity contribution is -0.121.